The van der Waals surface area contributed by atoms with Crippen molar-refractivity contribution < 1.29 is 14.3 Å². The van der Waals surface area contributed by atoms with Crippen molar-refractivity contribution in [2.24, 2.45) is 5.10 Å². The van der Waals surface area contributed by atoms with Gasteiger partial charge in [0.2, 0.25) is 4.33 Å². The van der Waals surface area contributed by atoms with Gasteiger partial charge in [-0.15, -0.1) is 0 Å². The number of methoxy groups -OCH3 is 1. The Hall–Kier alpha value is -1.35. The Morgan fingerprint density at radius 1 is 1.23 bits per heavy atom. The topological polar surface area (TPSA) is 62.2 Å². The first kappa shape index (κ1) is 19.4. The second-order valence-corrected chi connectivity index (χ2v) is 8.98. The van der Waals surface area contributed by atoms with Gasteiger partial charge in [0.15, 0.2) is 10.8 Å². The van der Waals surface area contributed by atoms with Crippen LogP contribution in [-0.2, 0) is 14.3 Å². The monoisotopic (exact) mass is 431 g/mol. The molecule has 6 nitrogen and oxygen atoms in total. The zero-order chi connectivity index (χ0) is 19.2. The third-order valence-electron chi connectivity index (χ3n) is 4.00. The van der Waals surface area contributed by atoms with Crippen LogP contribution in [0.4, 0.5) is 5.69 Å². The molecule has 0 bridgehead atoms. The Morgan fingerprint density at radius 2 is 1.85 bits per heavy atom. The van der Waals surface area contributed by atoms with Crippen LogP contribution in [0.25, 0.3) is 0 Å². The van der Waals surface area contributed by atoms with Crippen LogP contribution in [0.5, 0.6) is 0 Å². The molecule has 138 valence electrons. The number of Topliss-reactive ketones (excluding diaryl/α,β-unsaturated/α-hetero) is 1. The number of hydrazone groups is 1. The molecular formula is C16H15Cl2N3O3S2. The van der Waals surface area contributed by atoms with Crippen LogP contribution in [0.15, 0.2) is 33.9 Å². The summed E-state index contributed by atoms with van der Waals surface area (Å²) in [6, 6.07) is 5.13. The van der Waals surface area contributed by atoms with E-state index in [9.17, 15) is 9.59 Å². The average Bonchev–Trinajstić information content (AvgIpc) is 3.09. The molecule has 3 rings (SSSR count). The van der Waals surface area contributed by atoms with Gasteiger partial charge in [-0.05, 0) is 30.8 Å². The molecule has 0 N–H and O–H groups in total. The van der Waals surface area contributed by atoms with Crippen LogP contribution in [0.3, 0.4) is 0 Å². The van der Waals surface area contributed by atoms with E-state index in [1.807, 2.05) is 18.9 Å². The van der Waals surface area contributed by atoms with Crippen molar-refractivity contribution in [2.75, 3.05) is 19.2 Å². The lowest BCUT2D eigenvalue weighted by molar-refractivity contribution is -0.135. The summed E-state index contributed by atoms with van der Waals surface area (Å²) in [6.45, 7) is 3.26. The summed E-state index contributed by atoms with van der Waals surface area (Å²) in [7, 11) is 3.15. The third-order valence-corrected chi connectivity index (χ3v) is 7.76. The minimum atomic E-state index is -0.941. The number of ether oxygens (including phenoxy) is 1. The molecule has 0 amide bonds. The Morgan fingerprint density at radius 3 is 2.38 bits per heavy atom. The molecule has 1 atom stereocenters. The maximum Gasteiger partial charge on any atom is 0.346 e. The van der Waals surface area contributed by atoms with E-state index in [-0.39, 0.29) is 5.78 Å². The molecule has 2 heterocycles. The number of benzene rings is 1. The lowest BCUT2D eigenvalue weighted by atomic mass is 10.3. The number of nitrogens with zero attached hydrogens (tertiary/aromatic N) is 3. The first-order valence-electron chi connectivity index (χ1n) is 7.47. The lowest BCUT2D eigenvalue weighted by Gasteiger charge is -2.39. The second-order valence-electron chi connectivity index (χ2n) is 5.56. The Labute approximate surface area is 169 Å². The van der Waals surface area contributed by atoms with E-state index in [1.165, 1.54) is 37.6 Å². The largest absolute Gasteiger partial charge is 0.465 e. The van der Waals surface area contributed by atoms with Gasteiger partial charge >= 0.3 is 5.97 Å². The number of hydrogen-bond donors (Lipinski definition) is 0. The molecule has 1 unspecified atom stereocenters. The van der Waals surface area contributed by atoms with Crippen LogP contribution in [-0.4, -0.2) is 40.2 Å². The zero-order valence-corrected chi connectivity index (χ0v) is 17.5. The van der Waals surface area contributed by atoms with E-state index in [0.717, 1.165) is 0 Å². The summed E-state index contributed by atoms with van der Waals surface area (Å²) in [4.78, 5) is 26.5. The second kappa shape index (κ2) is 6.99. The number of rotatable bonds is 3. The predicted octanol–water partition coefficient (Wildman–Crippen LogP) is 4.14. The highest BCUT2D eigenvalue weighted by Gasteiger charge is 2.56. The molecule has 0 saturated heterocycles. The summed E-state index contributed by atoms with van der Waals surface area (Å²) in [6.07, 6.45) is 0. The Bertz CT molecular complexity index is 854. The number of ketones is 1. The molecule has 0 saturated carbocycles. The molecule has 1 aromatic carbocycles. The lowest BCUT2D eigenvalue weighted by Crippen LogP contribution is -2.47. The molecular weight excluding hydrogens is 417 g/mol. The van der Waals surface area contributed by atoms with E-state index in [1.54, 1.807) is 23.2 Å². The zero-order valence-electron chi connectivity index (χ0n) is 14.4. The number of thioether (sulfide) groups is 2. The minimum absolute atomic E-state index is 0.182. The van der Waals surface area contributed by atoms with Gasteiger partial charge in [-0.25, -0.2) is 9.80 Å². The number of halogens is 2. The molecule has 0 aromatic heterocycles. The number of allylic oxidation sites excluding steroid dienone is 1. The SMILES string of the molecule is COC(=O)C1=C(C)N(C)C2(SC(C(C)=O)=NN2c2c(Cl)cccc2Cl)S1. The van der Waals surface area contributed by atoms with Gasteiger partial charge in [-0.1, -0.05) is 41.0 Å². The Balaban J connectivity index is 2.15. The van der Waals surface area contributed by atoms with E-state index >= 15 is 0 Å². The van der Waals surface area contributed by atoms with Crippen molar-refractivity contribution in [3.8, 4) is 0 Å². The summed E-state index contributed by atoms with van der Waals surface area (Å²) in [5.74, 6) is -0.628. The molecule has 2 aliphatic heterocycles. The van der Waals surface area contributed by atoms with E-state index < -0.39 is 10.3 Å². The minimum Gasteiger partial charge on any atom is -0.465 e. The highest BCUT2D eigenvalue weighted by Crippen LogP contribution is 2.59. The fourth-order valence-corrected chi connectivity index (χ4v) is 6.00. The summed E-state index contributed by atoms with van der Waals surface area (Å²) in [5, 5.41) is 7.16. The number of carbonyl (C=O) groups is 2. The fourth-order valence-electron chi connectivity index (χ4n) is 2.56. The fraction of sp³-hybridized carbons (Fsp3) is 0.312. The molecule has 10 heteroatoms. The molecule has 0 radical (unpaired) electrons. The van der Waals surface area contributed by atoms with Gasteiger partial charge in [0.25, 0.3) is 0 Å². The van der Waals surface area contributed by atoms with Crippen LogP contribution in [0, 0.1) is 0 Å². The van der Waals surface area contributed by atoms with Crippen molar-refractivity contribution in [1.29, 1.82) is 0 Å². The van der Waals surface area contributed by atoms with Gasteiger partial charge < -0.3 is 9.64 Å². The van der Waals surface area contributed by atoms with Crippen LogP contribution >= 0.6 is 46.7 Å². The third kappa shape index (κ3) is 2.89. The van der Waals surface area contributed by atoms with Crippen LogP contribution < -0.4 is 5.01 Å². The van der Waals surface area contributed by atoms with E-state index in [2.05, 4.69) is 5.10 Å². The number of esters is 1. The van der Waals surface area contributed by atoms with Crippen molar-refractivity contribution in [3.05, 3.63) is 38.8 Å². The quantitative estimate of drug-likeness (QED) is 0.666. The highest BCUT2D eigenvalue weighted by molar-refractivity contribution is 8.28. The number of carbonyl (C=O) groups excluding carboxylic acids is 2. The molecule has 26 heavy (non-hydrogen) atoms. The highest BCUT2D eigenvalue weighted by atomic mass is 35.5. The van der Waals surface area contributed by atoms with Crippen LogP contribution in [0.2, 0.25) is 10.0 Å². The normalized spacial score (nSPS) is 22.3. The number of para-hydroxylation sites is 1. The molecule has 2 aliphatic rings. The molecule has 0 aliphatic carbocycles. The Kier molecular flexibility index (Phi) is 5.22. The van der Waals surface area contributed by atoms with Gasteiger partial charge in [0.05, 0.1) is 17.2 Å². The van der Waals surface area contributed by atoms with Crippen molar-refractivity contribution in [3.63, 3.8) is 0 Å². The van der Waals surface area contributed by atoms with E-state index in [4.69, 9.17) is 27.9 Å². The number of anilines is 1. The predicted molar refractivity (Wildman–Crippen MR) is 107 cm³/mol. The van der Waals surface area contributed by atoms with Gasteiger partial charge in [0, 0.05) is 19.7 Å². The maximum absolute atomic E-state index is 12.2. The van der Waals surface area contributed by atoms with Gasteiger partial charge in [-0.3, -0.25) is 4.79 Å². The first-order valence-corrected chi connectivity index (χ1v) is 9.86. The van der Waals surface area contributed by atoms with E-state index in [0.29, 0.717) is 31.4 Å². The van der Waals surface area contributed by atoms with Crippen molar-refractivity contribution >= 4 is 69.2 Å². The van der Waals surface area contributed by atoms with Gasteiger partial charge in [-0.2, -0.15) is 5.10 Å². The van der Waals surface area contributed by atoms with Crippen molar-refractivity contribution in [2.45, 2.75) is 18.2 Å². The molecule has 1 aromatic rings. The first-order chi connectivity index (χ1) is 12.2. The van der Waals surface area contributed by atoms with Gasteiger partial charge in [0.1, 0.15) is 10.6 Å². The molecule has 0 fully saturated rings. The standard InChI is InChI=1S/C16H15Cl2N3O3S2/c1-8-13(15(23)24-4)25-16(20(8)3)21(19-14(26-16)9(2)22)12-10(17)6-5-7-11(12)18/h5-7H,1-4H3. The number of hydrogen-bond acceptors (Lipinski definition) is 8. The maximum atomic E-state index is 12.2. The molecule has 1 spiro atoms. The van der Waals surface area contributed by atoms with Crippen molar-refractivity contribution in [1.82, 2.24) is 4.90 Å². The summed E-state index contributed by atoms with van der Waals surface area (Å²) in [5.41, 5.74) is 1.18. The van der Waals surface area contributed by atoms with Crippen LogP contribution in [0.1, 0.15) is 13.8 Å². The summed E-state index contributed by atoms with van der Waals surface area (Å²) < 4.78 is 3.95. The summed E-state index contributed by atoms with van der Waals surface area (Å²) >= 11 is 15.3. The smallest absolute Gasteiger partial charge is 0.346 e. The average molecular weight is 432 g/mol.